The number of anilines is 1. The zero-order chi connectivity index (χ0) is 13.6. The van der Waals surface area contributed by atoms with Crippen molar-refractivity contribution in [3.05, 3.63) is 17.6 Å². The SMILES string of the molecule is Cc1c(C)n(C(C)C2CCCC2)c2ncnc(N)c12. The van der Waals surface area contributed by atoms with Gasteiger partial charge in [0.1, 0.15) is 17.8 Å². The van der Waals surface area contributed by atoms with Crippen molar-refractivity contribution in [2.45, 2.75) is 52.5 Å². The first-order chi connectivity index (χ1) is 9.11. The molecule has 0 bridgehead atoms. The molecule has 1 atom stereocenters. The summed E-state index contributed by atoms with van der Waals surface area (Å²) in [5.41, 5.74) is 9.53. The van der Waals surface area contributed by atoms with Crippen LogP contribution in [0.3, 0.4) is 0 Å². The lowest BCUT2D eigenvalue weighted by atomic mass is 9.99. The summed E-state index contributed by atoms with van der Waals surface area (Å²) in [4.78, 5) is 8.62. The predicted octanol–water partition coefficient (Wildman–Crippen LogP) is 3.38. The first kappa shape index (κ1) is 12.5. The number of hydrogen-bond donors (Lipinski definition) is 1. The standard InChI is InChI=1S/C15H22N4/c1-9-10(2)19(11(3)12-6-4-5-7-12)15-13(9)14(16)17-8-18-15/h8,11-12H,4-7H2,1-3H3,(H2,16,17,18). The Hall–Kier alpha value is -1.58. The summed E-state index contributed by atoms with van der Waals surface area (Å²) in [5.74, 6) is 1.37. The molecule has 102 valence electrons. The van der Waals surface area contributed by atoms with Crippen molar-refractivity contribution >= 4 is 16.9 Å². The molecule has 2 N–H and O–H groups in total. The zero-order valence-electron chi connectivity index (χ0n) is 12.0. The summed E-state index contributed by atoms with van der Waals surface area (Å²) in [5, 5.41) is 1.03. The number of nitrogens with zero attached hydrogens (tertiary/aromatic N) is 3. The predicted molar refractivity (Wildman–Crippen MR) is 78.1 cm³/mol. The molecular formula is C15H22N4. The van der Waals surface area contributed by atoms with Gasteiger partial charge in [0.05, 0.1) is 5.39 Å². The van der Waals surface area contributed by atoms with Crippen molar-refractivity contribution in [1.82, 2.24) is 14.5 Å². The van der Waals surface area contributed by atoms with Crippen molar-refractivity contribution < 1.29 is 0 Å². The number of hydrogen-bond acceptors (Lipinski definition) is 3. The Labute approximate surface area is 114 Å². The van der Waals surface area contributed by atoms with E-state index in [0.717, 1.165) is 17.0 Å². The van der Waals surface area contributed by atoms with Crippen LogP contribution in [0.1, 0.15) is 49.9 Å². The molecule has 0 amide bonds. The number of rotatable bonds is 2. The van der Waals surface area contributed by atoms with Crippen LogP contribution in [0.25, 0.3) is 11.0 Å². The van der Waals surface area contributed by atoms with Gasteiger partial charge in [0.25, 0.3) is 0 Å². The number of aryl methyl sites for hydroxylation is 1. The molecule has 1 aliphatic rings. The molecule has 0 saturated heterocycles. The Balaban J connectivity index is 2.17. The fourth-order valence-electron chi connectivity index (χ4n) is 3.60. The summed E-state index contributed by atoms with van der Waals surface area (Å²) in [6.07, 6.45) is 6.97. The van der Waals surface area contributed by atoms with E-state index in [0.29, 0.717) is 11.9 Å². The minimum Gasteiger partial charge on any atom is -0.383 e. The van der Waals surface area contributed by atoms with E-state index in [9.17, 15) is 0 Å². The molecule has 0 radical (unpaired) electrons. The van der Waals surface area contributed by atoms with Crippen molar-refractivity contribution in [2.24, 2.45) is 5.92 Å². The molecular weight excluding hydrogens is 236 g/mol. The van der Waals surface area contributed by atoms with Crippen molar-refractivity contribution in [1.29, 1.82) is 0 Å². The van der Waals surface area contributed by atoms with Gasteiger partial charge in [-0.1, -0.05) is 12.8 Å². The third-order valence-electron chi connectivity index (χ3n) is 4.85. The molecule has 3 rings (SSSR count). The number of nitrogens with two attached hydrogens (primary N) is 1. The van der Waals surface area contributed by atoms with E-state index >= 15 is 0 Å². The smallest absolute Gasteiger partial charge is 0.146 e. The monoisotopic (exact) mass is 258 g/mol. The highest BCUT2D eigenvalue weighted by molar-refractivity contribution is 5.90. The highest BCUT2D eigenvalue weighted by atomic mass is 15.1. The molecule has 0 aromatic carbocycles. The van der Waals surface area contributed by atoms with Crippen LogP contribution in [0, 0.1) is 19.8 Å². The highest BCUT2D eigenvalue weighted by Gasteiger charge is 2.26. The van der Waals surface area contributed by atoms with Crippen LogP contribution < -0.4 is 5.73 Å². The van der Waals surface area contributed by atoms with Crippen LogP contribution in [0.5, 0.6) is 0 Å². The topological polar surface area (TPSA) is 56.7 Å². The second-order valence-corrected chi connectivity index (χ2v) is 5.82. The molecule has 2 aromatic heterocycles. The van der Waals surface area contributed by atoms with Gasteiger partial charge in [-0.3, -0.25) is 0 Å². The minimum absolute atomic E-state index is 0.494. The highest BCUT2D eigenvalue weighted by Crippen LogP contribution is 2.38. The van der Waals surface area contributed by atoms with Crippen LogP contribution in [-0.4, -0.2) is 14.5 Å². The first-order valence-corrected chi connectivity index (χ1v) is 7.18. The molecule has 1 fully saturated rings. The van der Waals surface area contributed by atoms with Gasteiger partial charge < -0.3 is 10.3 Å². The molecule has 19 heavy (non-hydrogen) atoms. The van der Waals surface area contributed by atoms with Gasteiger partial charge in [-0.25, -0.2) is 9.97 Å². The quantitative estimate of drug-likeness (QED) is 0.898. The Kier molecular flexibility index (Phi) is 2.96. The van der Waals surface area contributed by atoms with Gasteiger partial charge in [0, 0.05) is 11.7 Å². The second kappa shape index (κ2) is 4.51. The Morgan fingerprint density at radius 2 is 1.95 bits per heavy atom. The summed E-state index contributed by atoms with van der Waals surface area (Å²) >= 11 is 0. The Bertz CT molecular complexity index is 608. The number of nitrogen functional groups attached to an aromatic ring is 1. The lowest BCUT2D eigenvalue weighted by molar-refractivity contribution is 0.363. The van der Waals surface area contributed by atoms with E-state index in [-0.39, 0.29) is 0 Å². The second-order valence-electron chi connectivity index (χ2n) is 5.82. The average molecular weight is 258 g/mol. The van der Waals surface area contributed by atoms with Crippen LogP contribution in [-0.2, 0) is 0 Å². The molecule has 1 unspecified atom stereocenters. The van der Waals surface area contributed by atoms with E-state index in [2.05, 4.69) is 35.3 Å². The van der Waals surface area contributed by atoms with E-state index in [1.807, 2.05) is 0 Å². The molecule has 0 spiro atoms. The first-order valence-electron chi connectivity index (χ1n) is 7.18. The van der Waals surface area contributed by atoms with Gasteiger partial charge >= 0.3 is 0 Å². The molecule has 2 aromatic rings. The molecule has 4 nitrogen and oxygen atoms in total. The third kappa shape index (κ3) is 1.81. The Morgan fingerprint density at radius 3 is 2.63 bits per heavy atom. The summed E-state index contributed by atoms with van der Waals surface area (Å²) in [6, 6.07) is 0.494. The van der Waals surface area contributed by atoms with Crippen molar-refractivity contribution in [3.8, 4) is 0 Å². The zero-order valence-corrected chi connectivity index (χ0v) is 12.0. The number of fused-ring (bicyclic) bond motifs is 1. The maximum Gasteiger partial charge on any atom is 0.146 e. The summed E-state index contributed by atoms with van der Waals surface area (Å²) in [6.45, 7) is 6.61. The van der Waals surface area contributed by atoms with Gasteiger partial charge in [-0.15, -0.1) is 0 Å². The fourth-order valence-corrected chi connectivity index (χ4v) is 3.60. The summed E-state index contributed by atoms with van der Waals surface area (Å²) < 4.78 is 2.37. The van der Waals surface area contributed by atoms with Crippen molar-refractivity contribution in [2.75, 3.05) is 5.73 Å². The maximum absolute atomic E-state index is 6.03. The summed E-state index contributed by atoms with van der Waals surface area (Å²) in [7, 11) is 0. The molecule has 4 heteroatoms. The lowest BCUT2D eigenvalue weighted by Crippen LogP contribution is -2.15. The molecule has 0 aliphatic heterocycles. The Morgan fingerprint density at radius 1 is 1.26 bits per heavy atom. The molecule has 1 aliphatic carbocycles. The largest absolute Gasteiger partial charge is 0.383 e. The van der Waals surface area contributed by atoms with E-state index < -0.39 is 0 Å². The van der Waals surface area contributed by atoms with Gasteiger partial charge in [0.15, 0.2) is 0 Å². The van der Waals surface area contributed by atoms with Crippen LogP contribution in [0.4, 0.5) is 5.82 Å². The number of aromatic nitrogens is 3. The van der Waals surface area contributed by atoms with Crippen LogP contribution in [0.15, 0.2) is 6.33 Å². The maximum atomic E-state index is 6.03. The van der Waals surface area contributed by atoms with E-state index in [4.69, 9.17) is 5.73 Å². The average Bonchev–Trinajstić information content (AvgIpc) is 2.99. The van der Waals surface area contributed by atoms with E-state index in [1.54, 1.807) is 6.33 Å². The normalized spacial score (nSPS) is 18.3. The fraction of sp³-hybridized carbons (Fsp3) is 0.600. The minimum atomic E-state index is 0.494. The van der Waals surface area contributed by atoms with Gasteiger partial charge in [0.2, 0.25) is 0 Å². The lowest BCUT2D eigenvalue weighted by Gasteiger charge is -2.23. The van der Waals surface area contributed by atoms with Gasteiger partial charge in [-0.2, -0.15) is 0 Å². The molecule has 2 heterocycles. The van der Waals surface area contributed by atoms with Gasteiger partial charge in [-0.05, 0) is 45.1 Å². The van der Waals surface area contributed by atoms with E-state index in [1.165, 1.54) is 36.9 Å². The van der Waals surface area contributed by atoms with Crippen LogP contribution >= 0.6 is 0 Å². The van der Waals surface area contributed by atoms with Crippen molar-refractivity contribution in [3.63, 3.8) is 0 Å². The van der Waals surface area contributed by atoms with Crippen LogP contribution in [0.2, 0.25) is 0 Å². The molecule has 1 saturated carbocycles. The third-order valence-corrected chi connectivity index (χ3v) is 4.85.